The fraction of sp³-hybridized carbons (Fsp3) is 0.571. The highest BCUT2D eigenvalue weighted by atomic mass is 16.5. The normalized spacial score (nSPS) is 12.4. The van der Waals surface area contributed by atoms with Gasteiger partial charge in [0.25, 0.3) is 5.56 Å². The molecular weight excluding hydrogens is 260 g/mol. The summed E-state index contributed by atoms with van der Waals surface area (Å²) in [6.45, 7) is 3.03. The molecule has 6 nitrogen and oxygen atoms in total. The van der Waals surface area contributed by atoms with Crippen LogP contribution in [0.3, 0.4) is 0 Å². The molecule has 112 valence electrons. The van der Waals surface area contributed by atoms with Crippen molar-refractivity contribution in [3.8, 4) is 5.75 Å². The zero-order valence-corrected chi connectivity index (χ0v) is 12.2. The van der Waals surface area contributed by atoms with E-state index in [1.54, 1.807) is 19.1 Å². The smallest absolute Gasteiger partial charge is 0.326 e. The predicted octanol–water partition coefficient (Wildman–Crippen LogP) is 1.21. The lowest BCUT2D eigenvalue weighted by Gasteiger charge is -2.15. The van der Waals surface area contributed by atoms with Crippen molar-refractivity contribution in [2.45, 2.75) is 25.8 Å². The van der Waals surface area contributed by atoms with E-state index in [-0.39, 0.29) is 5.75 Å². The van der Waals surface area contributed by atoms with Crippen LogP contribution >= 0.6 is 0 Å². The molecule has 0 aromatic carbocycles. The zero-order chi connectivity index (χ0) is 15.1. The first-order chi connectivity index (χ1) is 9.47. The third-order valence-electron chi connectivity index (χ3n) is 2.95. The Morgan fingerprint density at radius 2 is 2.20 bits per heavy atom. The molecule has 0 saturated carbocycles. The minimum Gasteiger partial charge on any atom is -0.488 e. The van der Waals surface area contributed by atoms with Gasteiger partial charge in [-0.05, 0) is 39.1 Å². The number of pyridine rings is 1. The van der Waals surface area contributed by atoms with Crippen LogP contribution in [0.4, 0.5) is 0 Å². The zero-order valence-electron chi connectivity index (χ0n) is 12.2. The molecular formula is C14H22N2O4. The van der Waals surface area contributed by atoms with E-state index < -0.39 is 17.6 Å². The molecule has 1 heterocycles. The van der Waals surface area contributed by atoms with E-state index >= 15 is 0 Å². The quantitative estimate of drug-likeness (QED) is 0.726. The summed E-state index contributed by atoms with van der Waals surface area (Å²) in [4.78, 5) is 25.3. The second-order valence-corrected chi connectivity index (χ2v) is 4.85. The van der Waals surface area contributed by atoms with Gasteiger partial charge in [0.1, 0.15) is 6.04 Å². The van der Waals surface area contributed by atoms with Gasteiger partial charge in [-0.2, -0.15) is 0 Å². The van der Waals surface area contributed by atoms with Gasteiger partial charge in [-0.1, -0.05) is 6.92 Å². The number of rotatable bonds is 8. The van der Waals surface area contributed by atoms with Crippen molar-refractivity contribution in [1.82, 2.24) is 9.47 Å². The molecule has 0 bridgehead atoms. The molecule has 0 aliphatic carbocycles. The Hall–Kier alpha value is -1.82. The third-order valence-corrected chi connectivity index (χ3v) is 2.95. The summed E-state index contributed by atoms with van der Waals surface area (Å²) < 4.78 is 6.66. The van der Waals surface area contributed by atoms with Crippen LogP contribution in [-0.2, 0) is 4.79 Å². The Labute approximate surface area is 118 Å². The molecule has 1 aromatic heterocycles. The maximum atomic E-state index is 12.2. The van der Waals surface area contributed by atoms with Gasteiger partial charge in [0.05, 0.1) is 6.61 Å². The second-order valence-electron chi connectivity index (χ2n) is 4.85. The number of aromatic nitrogens is 1. The summed E-state index contributed by atoms with van der Waals surface area (Å²) in [6.07, 6.45) is 2.63. The number of carbonyl (C=O) groups is 1. The van der Waals surface area contributed by atoms with E-state index in [1.807, 2.05) is 19.0 Å². The molecule has 6 heteroatoms. The molecule has 1 N–H and O–H groups in total. The number of ether oxygens (including phenoxy) is 1. The van der Waals surface area contributed by atoms with Crippen LogP contribution in [0.2, 0.25) is 0 Å². The van der Waals surface area contributed by atoms with E-state index in [0.717, 1.165) is 13.0 Å². The van der Waals surface area contributed by atoms with E-state index in [1.165, 1.54) is 10.8 Å². The Balaban J connectivity index is 2.79. The van der Waals surface area contributed by atoms with Crippen LogP contribution in [-0.4, -0.2) is 47.8 Å². The van der Waals surface area contributed by atoms with Crippen LogP contribution in [0.25, 0.3) is 0 Å². The predicted molar refractivity (Wildman–Crippen MR) is 76.3 cm³/mol. The van der Waals surface area contributed by atoms with Crippen molar-refractivity contribution in [1.29, 1.82) is 0 Å². The van der Waals surface area contributed by atoms with Crippen LogP contribution in [0.5, 0.6) is 5.75 Å². The Bertz CT molecular complexity index is 496. The second kappa shape index (κ2) is 7.69. The molecule has 0 aliphatic rings. The Kier molecular flexibility index (Phi) is 6.24. The maximum absolute atomic E-state index is 12.2. The number of carboxylic acids is 1. The molecule has 0 saturated heterocycles. The molecule has 0 amide bonds. The number of aliphatic carboxylic acids is 1. The number of hydrogen-bond donors (Lipinski definition) is 1. The van der Waals surface area contributed by atoms with Crippen LogP contribution in [0, 0.1) is 0 Å². The topological polar surface area (TPSA) is 71.8 Å². The number of hydrogen-bond acceptors (Lipinski definition) is 4. The summed E-state index contributed by atoms with van der Waals surface area (Å²) in [5.41, 5.74) is -0.397. The summed E-state index contributed by atoms with van der Waals surface area (Å²) in [5, 5.41) is 9.11. The lowest BCUT2D eigenvalue weighted by molar-refractivity contribution is -0.141. The highest BCUT2D eigenvalue weighted by molar-refractivity contribution is 5.71. The van der Waals surface area contributed by atoms with E-state index in [4.69, 9.17) is 9.84 Å². The van der Waals surface area contributed by atoms with E-state index in [0.29, 0.717) is 13.0 Å². The first kappa shape index (κ1) is 16.2. The van der Waals surface area contributed by atoms with Crippen molar-refractivity contribution in [3.63, 3.8) is 0 Å². The SMILES string of the molecule is CCC(C(=O)O)n1cccc(OCCCN(C)C)c1=O. The monoisotopic (exact) mass is 282 g/mol. The molecule has 0 spiro atoms. The molecule has 1 aromatic rings. The minimum atomic E-state index is -1.01. The van der Waals surface area contributed by atoms with Crippen LogP contribution < -0.4 is 10.3 Å². The molecule has 0 aliphatic heterocycles. The fourth-order valence-electron chi connectivity index (χ4n) is 1.90. The van der Waals surface area contributed by atoms with Crippen molar-refractivity contribution in [2.24, 2.45) is 0 Å². The highest BCUT2D eigenvalue weighted by Crippen LogP contribution is 2.11. The number of carboxylic acid groups (broad SMARTS) is 1. The summed E-state index contributed by atoms with van der Waals surface area (Å²) in [6, 6.07) is 2.35. The maximum Gasteiger partial charge on any atom is 0.326 e. The molecule has 1 rings (SSSR count). The average Bonchev–Trinajstić information content (AvgIpc) is 2.38. The van der Waals surface area contributed by atoms with E-state index in [2.05, 4.69) is 0 Å². The van der Waals surface area contributed by atoms with Crippen molar-refractivity contribution >= 4 is 5.97 Å². The average molecular weight is 282 g/mol. The highest BCUT2D eigenvalue weighted by Gasteiger charge is 2.19. The molecule has 0 radical (unpaired) electrons. The van der Waals surface area contributed by atoms with Gasteiger partial charge in [0, 0.05) is 12.7 Å². The largest absolute Gasteiger partial charge is 0.488 e. The first-order valence-electron chi connectivity index (χ1n) is 6.68. The van der Waals surface area contributed by atoms with Crippen LogP contribution in [0.1, 0.15) is 25.8 Å². The van der Waals surface area contributed by atoms with Crippen molar-refractivity contribution in [2.75, 3.05) is 27.2 Å². The van der Waals surface area contributed by atoms with Gasteiger partial charge in [0.15, 0.2) is 5.75 Å². The van der Waals surface area contributed by atoms with Gasteiger partial charge < -0.3 is 14.7 Å². The Morgan fingerprint density at radius 1 is 1.50 bits per heavy atom. The fourth-order valence-corrected chi connectivity index (χ4v) is 1.90. The lowest BCUT2D eigenvalue weighted by Crippen LogP contribution is -2.30. The molecule has 1 unspecified atom stereocenters. The summed E-state index contributed by atoms with van der Waals surface area (Å²) in [7, 11) is 3.93. The summed E-state index contributed by atoms with van der Waals surface area (Å²) >= 11 is 0. The van der Waals surface area contributed by atoms with Gasteiger partial charge in [0.2, 0.25) is 0 Å². The van der Waals surface area contributed by atoms with Gasteiger partial charge in [-0.3, -0.25) is 9.36 Å². The molecule has 1 atom stereocenters. The standard InChI is InChI=1S/C14H22N2O4/c1-4-11(14(18)19)16-9-5-7-12(13(16)17)20-10-6-8-15(2)3/h5,7,9,11H,4,6,8,10H2,1-3H3,(H,18,19). The first-order valence-corrected chi connectivity index (χ1v) is 6.68. The minimum absolute atomic E-state index is 0.200. The number of nitrogens with zero attached hydrogens (tertiary/aromatic N) is 2. The van der Waals surface area contributed by atoms with E-state index in [9.17, 15) is 9.59 Å². The van der Waals surface area contributed by atoms with Crippen LogP contribution in [0.15, 0.2) is 23.1 Å². The Morgan fingerprint density at radius 3 is 2.75 bits per heavy atom. The molecule has 0 fully saturated rings. The van der Waals surface area contributed by atoms with Gasteiger partial charge >= 0.3 is 5.97 Å². The van der Waals surface area contributed by atoms with Gasteiger partial charge in [-0.15, -0.1) is 0 Å². The van der Waals surface area contributed by atoms with Crippen molar-refractivity contribution < 1.29 is 14.6 Å². The third kappa shape index (κ3) is 4.38. The summed E-state index contributed by atoms with van der Waals surface area (Å²) in [5.74, 6) is -0.815. The van der Waals surface area contributed by atoms with Crippen molar-refractivity contribution in [3.05, 3.63) is 28.7 Å². The van der Waals surface area contributed by atoms with Gasteiger partial charge in [-0.25, -0.2) is 4.79 Å². The lowest BCUT2D eigenvalue weighted by atomic mass is 10.2. The molecule has 20 heavy (non-hydrogen) atoms.